The van der Waals surface area contributed by atoms with Crippen molar-refractivity contribution in [2.24, 2.45) is 10.2 Å². The Morgan fingerprint density at radius 1 is 0.739 bits per heavy atom. The maximum absolute atomic E-state index is 8.37. The highest BCUT2D eigenvalue weighted by Crippen LogP contribution is 2.31. The van der Waals surface area contributed by atoms with E-state index < -0.39 is 0 Å². The van der Waals surface area contributed by atoms with Gasteiger partial charge in [0.05, 0.1) is 13.1 Å². The van der Waals surface area contributed by atoms with Crippen LogP contribution in [0.3, 0.4) is 0 Å². The van der Waals surface area contributed by atoms with Gasteiger partial charge in [0.15, 0.2) is 0 Å². The molecule has 6 heteroatoms. The Bertz CT molecular complexity index is 683. The molecule has 2 aromatic carbocycles. The van der Waals surface area contributed by atoms with Crippen molar-refractivity contribution in [2.45, 2.75) is 32.4 Å². The van der Waals surface area contributed by atoms with Gasteiger partial charge in [0, 0.05) is 15.2 Å². The summed E-state index contributed by atoms with van der Waals surface area (Å²) >= 11 is 0. The van der Waals surface area contributed by atoms with Gasteiger partial charge in [0.25, 0.3) is 0 Å². The SMILES string of the molecule is CC(C)(c1ccc(CN=[N+]=[N-])cc1)c1ccc(CN=[N+]=[N-])cc1. The minimum atomic E-state index is -0.145. The van der Waals surface area contributed by atoms with Gasteiger partial charge in [0.2, 0.25) is 0 Å². The van der Waals surface area contributed by atoms with Crippen molar-refractivity contribution < 1.29 is 0 Å². The second kappa shape index (κ2) is 7.36. The topological polar surface area (TPSA) is 97.5 Å². The second-order valence-electron chi connectivity index (χ2n) is 5.80. The fourth-order valence-corrected chi connectivity index (χ4v) is 2.45. The van der Waals surface area contributed by atoms with E-state index in [2.05, 4.69) is 58.2 Å². The van der Waals surface area contributed by atoms with Crippen LogP contribution in [-0.4, -0.2) is 0 Å². The number of azide groups is 2. The first-order valence-corrected chi connectivity index (χ1v) is 7.28. The number of hydrogen-bond acceptors (Lipinski definition) is 2. The molecular formula is C17H18N6. The van der Waals surface area contributed by atoms with Crippen molar-refractivity contribution in [3.63, 3.8) is 0 Å². The van der Waals surface area contributed by atoms with E-state index in [9.17, 15) is 0 Å². The molecular weight excluding hydrogens is 288 g/mol. The van der Waals surface area contributed by atoms with Crippen molar-refractivity contribution in [3.8, 4) is 0 Å². The van der Waals surface area contributed by atoms with Crippen molar-refractivity contribution in [1.29, 1.82) is 0 Å². The lowest BCUT2D eigenvalue weighted by atomic mass is 9.78. The molecule has 0 aliphatic carbocycles. The van der Waals surface area contributed by atoms with Crippen LogP contribution in [0.2, 0.25) is 0 Å². The molecule has 6 nitrogen and oxygen atoms in total. The Morgan fingerprint density at radius 2 is 1.09 bits per heavy atom. The summed E-state index contributed by atoms with van der Waals surface area (Å²) in [6, 6.07) is 16.2. The molecule has 0 N–H and O–H groups in total. The zero-order valence-corrected chi connectivity index (χ0v) is 13.2. The summed E-state index contributed by atoms with van der Waals surface area (Å²) in [5.74, 6) is 0. The Kier molecular flexibility index (Phi) is 5.26. The molecule has 0 atom stereocenters. The van der Waals surface area contributed by atoms with E-state index in [0.717, 1.165) is 11.1 Å². The number of rotatable bonds is 6. The third-order valence-corrected chi connectivity index (χ3v) is 3.98. The van der Waals surface area contributed by atoms with Gasteiger partial charge in [-0.1, -0.05) is 72.6 Å². The van der Waals surface area contributed by atoms with Crippen LogP contribution in [0.1, 0.15) is 36.1 Å². The van der Waals surface area contributed by atoms with Crippen molar-refractivity contribution in [3.05, 3.63) is 91.7 Å². The van der Waals surface area contributed by atoms with Crippen LogP contribution in [0.15, 0.2) is 58.8 Å². The molecule has 0 amide bonds. The zero-order valence-electron chi connectivity index (χ0n) is 13.2. The second-order valence-corrected chi connectivity index (χ2v) is 5.80. The van der Waals surface area contributed by atoms with E-state index in [0.29, 0.717) is 13.1 Å². The standard InChI is InChI=1S/C17H18N6/c1-17(2,15-7-3-13(4-8-15)11-20-22-18)16-9-5-14(6-10-16)12-21-23-19/h3-10H,11-12H2,1-2H3. The molecule has 116 valence electrons. The van der Waals surface area contributed by atoms with Gasteiger partial charge >= 0.3 is 0 Å². The summed E-state index contributed by atoms with van der Waals surface area (Å²) in [4.78, 5) is 5.55. The first-order valence-electron chi connectivity index (χ1n) is 7.28. The first kappa shape index (κ1) is 16.4. The Hall–Kier alpha value is -2.94. The molecule has 23 heavy (non-hydrogen) atoms. The third kappa shape index (κ3) is 4.04. The van der Waals surface area contributed by atoms with Gasteiger partial charge < -0.3 is 0 Å². The van der Waals surface area contributed by atoms with Gasteiger partial charge in [-0.2, -0.15) is 0 Å². The van der Waals surface area contributed by atoms with E-state index in [-0.39, 0.29) is 5.41 Å². The predicted molar refractivity (Wildman–Crippen MR) is 90.7 cm³/mol. The molecule has 0 saturated heterocycles. The summed E-state index contributed by atoms with van der Waals surface area (Å²) < 4.78 is 0. The zero-order chi connectivity index (χ0) is 16.7. The first-order chi connectivity index (χ1) is 11.1. The van der Waals surface area contributed by atoms with Crippen molar-refractivity contribution in [2.75, 3.05) is 0 Å². The molecule has 0 bridgehead atoms. The van der Waals surface area contributed by atoms with Crippen LogP contribution in [0, 0.1) is 0 Å². The number of benzene rings is 2. The highest BCUT2D eigenvalue weighted by Gasteiger charge is 2.22. The van der Waals surface area contributed by atoms with Gasteiger partial charge in [-0.15, -0.1) is 0 Å². The molecule has 0 spiro atoms. The lowest BCUT2D eigenvalue weighted by Gasteiger charge is -2.26. The van der Waals surface area contributed by atoms with Gasteiger partial charge in [-0.3, -0.25) is 0 Å². The van der Waals surface area contributed by atoms with Crippen molar-refractivity contribution in [1.82, 2.24) is 0 Å². The largest absolute Gasteiger partial charge is 0.0893 e. The minimum absolute atomic E-state index is 0.145. The van der Waals surface area contributed by atoms with Crippen LogP contribution in [-0.2, 0) is 18.5 Å². The predicted octanol–water partition coefficient (Wildman–Crippen LogP) is 5.63. The number of nitrogens with zero attached hydrogens (tertiary/aromatic N) is 6. The van der Waals surface area contributed by atoms with Crippen LogP contribution < -0.4 is 0 Å². The summed E-state index contributed by atoms with van der Waals surface area (Å²) in [6.07, 6.45) is 0. The summed E-state index contributed by atoms with van der Waals surface area (Å²) in [5, 5.41) is 7.14. The van der Waals surface area contributed by atoms with Crippen LogP contribution >= 0.6 is 0 Å². The molecule has 2 rings (SSSR count). The summed E-state index contributed by atoms with van der Waals surface area (Å²) in [6.45, 7) is 5.06. The Balaban J connectivity index is 2.22. The maximum atomic E-state index is 8.37. The van der Waals surface area contributed by atoms with Crippen LogP contribution in [0.5, 0.6) is 0 Å². The fourth-order valence-electron chi connectivity index (χ4n) is 2.45. The van der Waals surface area contributed by atoms with E-state index >= 15 is 0 Å². The summed E-state index contributed by atoms with van der Waals surface area (Å²) in [5.41, 5.74) is 20.9. The van der Waals surface area contributed by atoms with E-state index in [4.69, 9.17) is 11.1 Å². The molecule has 0 unspecified atom stereocenters. The number of hydrogen-bond donors (Lipinski definition) is 0. The molecule has 0 radical (unpaired) electrons. The molecule has 0 heterocycles. The average molecular weight is 306 g/mol. The normalized spacial score (nSPS) is 10.5. The highest BCUT2D eigenvalue weighted by atomic mass is 15.1. The highest BCUT2D eigenvalue weighted by molar-refractivity contribution is 5.39. The molecule has 2 aromatic rings. The third-order valence-electron chi connectivity index (χ3n) is 3.98. The quantitative estimate of drug-likeness (QED) is 0.375. The minimum Gasteiger partial charge on any atom is -0.0893 e. The van der Waals surface area contributed by atoms with E-state index in [1.807, 2.05) is 24.3 Å². The van der Waals surface area contributed by atoms with E-state index in [1.54, 1.807) is 0 Å². The molecule has 0 fully saturated rings. The fraction of sp³-hybridized carbons (Fsp3) is 0.294. The molecule has 0 saturated carbocycles. The van der Waals surface area contributed by atoms with Crippen molar-refractivity contribution >= 4 is 0 Å². The molecule has 0 aliphatic heterocycles. The molecule has 0 aromatic heterocycles. The van der Waals surface area contributed by atoms with Gasteiger partial charge in [-0.05, 0) is 33.3 Å². The van der Waals surface area contributed by atoms with Crippen LogP contribution in [0.25, 0.3) is 20.9 Å². The van der Waals surface area contributed by atoms with E-state index in [1.165, 1.54) is 11.1 Å². The maximum Gasteiger partial charge on any atom is 0.0510 e. The smallest absolute Gasteiger partial charge is 0.0510 e. The summed E-state index contributed by atoms with van der Waals surface area (Å²) in [7, 11) is 0. The van der Waals surface area contributed by atoms with Gasteiger partial charge in [-0.25, -0.2) is 0 Å². The average Bonchev–Trinajstić information content (AvgIpc) is 2.59. The van der Waals surface area contributed by atoms with Crippen LogP contribution in [0.4, 0.5) is 0 Å². The lowest BCUT2D eigenvalue weighted by Crippen LogP contribution is -2.18. The Labute approximate surface area is 135 Å². The van der Waals surface area contributed by atoms with Gasteiger partial charge in [0.1, 0.15) is 0 Å². The Morgan fingerprint density at radius 3 is 1.39 bits per heavy atom. The molecule has 0 aliphatic rings. The lowest BCUT2D eigenvalue weighted by molar-refractivity contribution is 0.640. The monoisotopic (exact) mass is 306 g/mol.